The summed E-state index contributed by atoms with van der Waals surface area (Å²) < 4.78 is 4.56. The van der Waals surface area contributed by atoms with Gasteiger partial charge < -0.3 is 15.6 Å². The number of phenolic OH excluding ortho intramolecular Hbond substituents is 1. The first-order chi connectivity index (χ1) is 6.49. The van der Waals surface area contributed by atoms with Gasteiger partial charge in [0.05, 0.1) is 12.7 Å². The summed E-state index contributed by atoms with van der Waals surface area (Å²) in [6.45, 7) is 3.34. The number of rotatable bonds is 1. The fourth-order valence-corrected chi connectivity index (χ4v) is 1.24. The van der Waals surface area contributed by atoms with E-state index in [1.807, 2.05) is 0 Å². The van der Waals surface area contributed by atoms with Gasteiger partial charge >= 0.3 is 5.97 Å². The average Bonchev–Trinajstić information content (AvgIpc) is 2.19. The Balaban J connectivity index is 3.40. The number of hydrogen-bond donors (Lipinski definition) is 2. The van der Waals surface area contributed by atoms with Gasteiger partial charge in [-0.25, -0.2) is 4.79 Å². The van der Waals surface area contributed by atoms with Crippen LogP contribution >= 0.6 is 0 Å². The molecular formula is C10H13NO3. The molecule has 1 aromatic rings. The Hall–Kier alpha value is -1.71. The summed E-state index contributed by atoms with van der Waals surface area (Å²) >= 11 is 0. The van der Waals surface area contributed by atoms with Crippen molar-refractivity contribution in [3.05, 3.63) is 22.8 Å². The van der Waals surface area contributed by atoms with E-state index in [1.54, 1.807) is 13.8 Å². The molecule has 0 heterocycles. The van der Waals surface area contributed by atoms with Gasteiger partial charge in [-0.1, -0.05) is 0 Å². The first-order valence-corrected chi connectivity index (χ1v) is 4.16. The number of methoxy groups -OCH3 is 1. The van der Waals surface area contributed by atoms with Crippen LogP contribution in [-0.4, -0.2) is 18.2 Å². The zero-order valence-electron chi connectivity index (χ0n) is 8.42. The normalized spacial score (nSPS) is 9.93. The van der Waals surface area contributed by atoms with Crippen LogP contribution in [0.3, 0.4) is 0 Å². The van der Waals surface area contributed by atoms with E-state index in [0.717, 1.165) is 0 Å². The number of hydrogen-bond acceptors (Lipinski definition) is 4. The van der Waals surface area contributed by atoms with Gasteiger partial charge in [0.25, 0.3) is 0 Å². The summed E-state index contributed by atoms with van der Waals surface area (Å²) in [6.07, 6.45) is 0. The second-order valence-electron chi connectivity index (χ2n) is 3.10. The van der Waals surface area contributed by atoms with Crippen LogP contribution in [0.25, 0.3) is 0 Å². The highest BCUT2D eigenvalue weighted by Gasteiger charge is 2.15. The molecule has 0 aliphatic rings. The van der Waals surface area contributed by atoms with E-state index >= 15 is 0 Å². The molecule has 1 aromatic carbocycles. The maximum absolute atomic E-state index is 11.3. The number of nitrogens with two attached hydrogens (primary N) is 1. The van der Waals surface area contributed by atoms with E-state index in [9.17, 15) is 9.90 Å². The van der Waals surface area contributed by atoms with Crippen molar-refractivity contribution in [2.24, 2.45) is 0 Å². The molecule has 0 atom stereocenters. The van der Waals surface area contributed by atoms with Crippen molar-refractivity contribution in [3.8, 4) is 5.75 Å². The highest BCUT2D eigenvalue weighted by molar-refractivity contribution is 5.93. The van der Waals surface area contributed by atoms with Gasteiger partial charge in [-0.3, -0.25) is 0 Å². The molecule has 0 spiro atoms. The molecule has 0 aromatic heterocycles. The van der Waals surface area contributed by atoms with E-state index in [-0.39, 0.29) is 5.75 Å². The van der Waals surface area contributed by atoms with Crippen LogP contribution < -0.4 is 5.73 Å². The first kappa shape index (κ1) is 10.4. The van der Waals surface area contributed by atoms with Crippen LogP contribution in [0.1, 0.15) is 21.5 Å². The van der Waals surface area contributed by atoms with E-state index < -0.39 is 5.97 Å². The van der Waals surface area contributed by atoms with Gasteiger partial charge in [-0.15, -0.1) is 0 Å². The van der Waals surface area contributed by atoms with Crippen molar-refractivity contribution in [1.82, 2.24) is 0 Å². The number of anilines is 1. The van der Waals surface area contributed by atoms with Gasteiger partial charge in [-0.05, 0) is 19.9 Å². The van der Waals surface area contributed by atoms with E-state index in [1.165, 1.54) is 13.2 Å². The van der Waals surface area contributed by atoms with E-state index in [0.29, 0.717) is 22.4 Å². The van der Waals surface area contributed by atoms with Crippen molar-refractivity contribution in [2.75, 3.05) is 12.8 Å². The lowest BCUT2D eigenvalue weighted by Crippen LogP contribution is -2.06. The van der Waals surface area contributed by atoms with Crippen LogP contribution in [0.2, 0.25) is 0 Å². The number of esters is 1. The number of carbonyl (C=O) groups excluding carboxylic acids is 1. The molecular weight excluding hydrogens is 182 g/mol. The monoisotopic (exact) mass is 195 g/mol. The molecule has 14 heavy (non-hydrogen) atoms. The van der Waals surface area contributed by atoms with Crippen LogP contribution in [0.15, 0.2) is 6.07 Å². The maximum atomic E-state index is 11.3. The molecule has 0 saturated heterocycles. The molecule has 76 valence electrons. The zero-order chi connectivity index (χ0) is 10.9. The van der Waals surface area contributed by atoms with Crippen molar-refractivity contribution < 1.29 is 14.6 Å². The lowest BCUT2D eigenvalue weighted by molar-refractivity contribution is 0.0599. The fraction of sp³-hybridized carbons (Fsp3) is 0.300. The second-order valence-corrected chi connectivity index (χ2v) is 3.10. The fourth-order valence-electron chi connectivity index (χ4n) is 1.24. The second kappa shape index (κ2) is 3.57. The molecule has 0 unspecified atom stereocenters. The first-order valence-electron chi connectivity index (χ1n) is 4.16. The quantitative estimate of drug-likeness (QED) is 0.524. The topological polar surface area (TPSA) is 72.5 Å². The average molecular weight is 195 g/mol. The SMILES string of the molecule is COC(=O)c1cc(N)c(C)c(O)c1C. The van der Waals surface area contributed by atoms with Gasteiger partial charge in [0, 0.05) is 16.8 Å². The molecule has 4 heteroatoms. The van der Waals surface area contributed by atoms with Crippen LogP contribution in [0.5, 0.6) is 5.75 Å². The smallest absolute Gasteiger partial charge is 0.338 e. The highest BCUT2D eigenvalue weighted by Crippen LogP contribution is 2.29. The number of benzene rings is 1. The van der Waals surface area contributed by atoms with Crippen molar-refractivity contribution in [3.63, 3.8) is 0 Å². The lowest BCUT2D eigenvalue weighted by atomic mass is 10.0. The molecule has 0 amide bonds. The molecule has 3 N–H and O–H groups in total. The summed E-state index contributed by atoms with van der Waals surface area (Å²) in [6, 6.07) is 1.51. The number of nitrogen functional groups attached to an aromatic ring is 1. The van der Waals surface area contributed by atoms with Gasteiger partial charge in [0.1, 0.15) is 5.75 Å². The zero-order valence-corrected chi connectivity index (χ0v) is 8.42. The predicted octanol–water partition coefficient (Wildman–Crippen LogP) is 1.38. The van der Waals surface area contributed by atoms with Crippen LogP contribution in [0.4, 0.5) is 5.69 Å². The van der Waals surface area contributed by atoms with Crippen LogP contribution in [-0.2, 0) is 4.74 Å². The molecule has 0 aliphatic carbocycles. The Morgan fingerprint density at radius 1 is 1.43 bits per heavy atom. The summed E-state index contributed by atoms with van der Waals surface area (Å²) in [4.78, 5) is 11.3. The Kier molecular flexibility index (Phi) is 2.65. The van der Waals surface area contributed by atoms with Crippen LogP contribution in [0, 0.1) is 13.8 Å². The maximum Gasteiger partial charge on any atom is 0.338 e. The molecule has 0 aliphatic heterocycles. The lowest BCUT2D eigenvalue weighted by Gasteiger charge is -2.10. The molecule has 0 saturated carbocycles. The van der Waals surface area contributed by atoms with E-state index in [4.69, 9.17) is 5.73 Å². The predicted molar refractivity (Wildman–Crippen MR) is 53.3 cm³/mol. The third-order valence-corrected chi connectivity index (χ3v) is 2.25. The number of aromatic hydroxyl groups is 1. The third kappa shape index (κ3) is 1.51. The minimum Gasteiger partial charge on any atom is -0.507 e. The van der Waals surface area contributed by atoms with Crippen molar-refractivity contribution >= 4 is 11.7 Å². The number of carbonyl (C=O) groups is 1. The number of ether oxygens (including phenoxy) is 1. The largest absolute Gasteiger partial charge is 0.507 e. The molecule has 0 fully saturated rings. The summed E-state index contributed by atoms with van der Waals surface area (Å²) in [5, 5.41) is 9.62. The Bertz CT molecular complexity index is 385. The van der Waals surface area contributed by atoms with Crippen molar-refractivity contribution in [1.29, 1.82) is 0 Å². The van der Waals surface area contributed by atoms with Gasteiger partial charge in [0.2, 0.25) is 0 Å². The Morgan fingerprint density at radius 2 is 2.00 bits per heavy atom. The minimum atomic E-state index is -0.496. The highest BCUT2D eigenvalue weighted by atomic mass is 16.5. The Morgan fingerprint density at radius 3 is 2.50 bits per heavy atom. The van der Waals surface area contributed by atoms with Gasteiger partial charge in [-0.2, -0.15) is 0 Å². The molecule has 4 nitrogen and oxygen atoms in total. The summed E-state index contributed by atoms with van der Waals surface area (Å²) in [5.74, 6) is -0.449. The minimum absolute atomic E-state index is 0.0467. The summed E-state index contributed by atoms with van der Waals surface area (Å²) in [5.41, 5.74) is 7.37. The summed E-state index contributed by atoms with van der Waals surface area (Å²) in [7, 11) is 1.29. The standard InChI is InChI=1S/C10H13NO3/c1-5-7(10(13)14-3)4-8(11)6(2)9(5)12/h4,12H,11H2,1-3H3. The Labute approximate surface area is 82.3 Å². The molecule has 0 radical (unpaired) electrons. The third-order valence-electron chi connectivity index (χ3n) is 2.25. The van der Waals surface area contributed by atoms with Crippen molar-refractivity contribution in [2.45, 2.75) is 13.8 Å². The van der Waals surface area contributed by atoms with Gasteiger partial charge in [0.15, 0.2) is 0 Å². The van der Waals surface area contributed by atoms with E-state index in [2.05, 4.69) is 4.74 Å². The molecule has 1 rings (SSSR count). The molecule has 0 bridgehead atoms. The number of phenols is 1.